The minimum atomic E-state index is 0.860. The predicted octanol–water partition coefficient (Wildman–Crippen LogP) is 2.48. The van der Waals surface area contributed by atoms with Gasteiger partial charge >= 0.3 is 5.96 Å². The summed E-state index contributed by atoms with van der Waals surface area (Å²) in [5, 5.41) is 0. The van der Waals surface area contributed by atoms with E-state index in [1.165, 1.54) is 33.7 Å². The Bertz CT molecular complexity index is 965. The molecule has 0 radical (unpaired) electrons. The molecule has 0 unspecified atom stereocenters. The lowest BCUT2D eigenvalue weighted by Crippen LogP contribution is -2.41. The number of hydrogen-bond donors (Lipinski definition) is 0. The van der Waals surface area contributed by atoms with Gasteiger partial charge in [0.25, 0.3) is 5.82 Å². The van der Waals surface area contributed by atoms with Crippen LogP contribution in [-0.4, -0.2) is 23.6 Å². The van der Waals surface area contributed by atoms with E-state index in [1.807, 2.05) is 0 Å². The van der Waals surface area contributed by atoms with E-state index < -0.39 is 0 Å². The first-order chi connectivity index (χ1) is 10.8. The van der Waals surface area contributed by atoms with Gasteiger partial charge in [-0.15, -0.1) is 0 Å². The van der Waals surface area contributed by atoms with E-state index in [9.17, 15) is 0 Å². The molecular weight excluding hydrogens is 272 g/mol. The van der Waals surface area contributed by atoms with E-state index in [0.717, 1.165) is 19.0 Å². The fourth-order valence-electron chi connectivity index (χ4n) is 3.82. The third-order valence-electron chi connectivity index (χ3n) is 4.80. The molecular formula is C18H17N4+. The summed E-state index contributed by atoms with van der Waals surface area (Å²) in [6.07, 6.45) is 0. The monoisotopic (exact) mass is 289 g/mol. The van der Waals surface area contributed by atoms with Crippen molar-refractivity contribution in [2.24, 2.45) is 12.0 Å². The number of fused-ring (bicyclic) bond motifs is 8. The molecule has 22 heavy (non-hydrogen) atoms. The molecule has 0 atom stereocenters. The highest BCUT2D eigenvalue weighted by molar-refractivity contribution is 6.10. The summed E-state index contributed by atoms with van der Waals surface area (Å²) in [5.41, 5.74) is 6.37. The van der Waals surface area contributed by atoms with Crippen molar-refractivity contribution >= 4 is 22.7 Å². The number of hydrogen-bond acceptors (Lipinski definition) is 2. The van der Waals surface area contributed by atoms with E-state index >= 15 is 0 Å². The second-order valence-corrected chi connectivity index (χ2v) is 6.01. The molecule has 0 aliphatic carbocycles. The second-order valence-electron chi connectivity index (χ2n) is 6.01. The van der Waals surface area contributed by atoms with Crippen molar-refractivity contribution in [1.82, 2.24) is 4.57 Å². The van der Waals surface area contributed by atoms with Gasteiger partial charge in [0.15, 0.2) is 11.0 Å². The van der Waals surface area contributed by atoms with E-state index in [2.05, 4.69) is 70.5 Å². The number of anilines is 1. The third kappa shape index (κ3) is 1.28. The summed E-state index contributed by atoms with van der Waals surface area (Å²) in [6, 6.07) is 15.1. The van der Waals surface area contributed by atoms with Crippen LogP contribution in [0.1, 0.15) is 5.56 Å². The average molecular weight is 289 g/mol. The van der Waals surface area contributed by atoms with Crippen molar-refractivity contribution in [3.05, 3.63) is 48.0 Å². The molecule has 2 aliphatic heterocycles. The average Bonchev–Trinajstić information content (AvgIpc) is 3.12. The van der Waals surface area contributed by atoms with Crippen molar-refractivity contribution in [2.75, 3.05) is 18.0 Å². The molecule has 0 bridgehead atoms. The Morgan fingerprint density at radius 2 is 1.95 bits per heavy atom. The summed E-state index contributed by atoms with van der Waals surface area (Å²) in [5.74, 6) is 2.29. The topological polar surface area (TPSA) is 24.4 Å². The maximum atomic E-state index is 4.78. The molecule has 3 heterocycles. The Hall–Kier alpha value is -2.62. The SMILES string of the molecule is Cc1cccc2c1-c1n(c3ccccc3[n+]1C)C1=NCCN12. The van der Waals surface area contributed by atoms with Crippen LogP contribution in [0.3, 0.4) is 0 Å². The number of imidazole rings is 1. The molecule has 0 saturated heterocycles. The van der Waals surface area contributed by atoms with E-state index in [0.29, 0.717) is 0 Å². The maximum absolute atomic E-state index is 4.78. The lowest BCUT2D eigenvalue weighted by molar-refractivity contribution is -0.633. The quantitative estimate of drug-likeness (QED) is 0.583. The zero-order valence-electron chi connectivity index (χ0n) is 12.7. The van der Waals surface area contributed by atoms with Gasteiger partial charge in [-0.2, -0.15) is 4.57 Å². The zero-order valence-corrected chi connectivity index (χ0v) is 12.7. The highest BCUT2D eigenvalue weighted by Gasteiger charge is 2.40. The molecule has 4 nitrogen and oxygen atoms in total. The van der Waals surface area contributed by atoms with Crippen LogP contribution in [0.5, 0.6) is 0 Å². The van der Waals surface area contributed by atoms with Crippen LogP contribution in [0.25, 0.3) is 22.4 Å². The fourth-order valence-corrected chi connectivity index (χ4v) is 3.82. The number of aromatic nitrogens is 2. The first-order valence-corrected chi connectivity index (χ1v) is 7.69. The minimum Gasteiger partial charge on any atom is -0.290 e. The highest BCUT2D eigenvalue weighted by atomic mass is 15.4. The molecule has 0 saturated carbocycles. The molecule has 2 aromatic carbocycles. The van der Waals surface area contributed by atoms with Gasteiger partial charge in [0.05, 0.1) is 24.8 Å². The standard InChI is InChI=1S/C18H17N4/c1-12-6-5-9-15-16(12)17-20(2)13-7-3-4-8-14(13)22(17)18-19-10-11-21(15)18/h3-9H,10-11H2,1-2H3/q+1. The van der Waals surface area contributed by atoms with Crippen LogP contribution >= 0.6 is 0 Å². The first kappa shape index (κ1) is 12.0. The van der Waals surface area contributed by atoms with Gasteiger partial charge < -0.3 is 0 Å². The van der Waals surface area contributed by atoms with Gasteiger partial charge in [-0.3, -0.25) is 4.90 Å². The van der Waals surface area contributed by atoms with Gasteiger partial charge in [0.1, 0.15) is 0 Å². The molecule has 2 aliphatic rings. The van der Waals surface area contributed by atoms with E-state index in [4.69, 9.17) is 4.99 Å². The molecule has 1 aromatic heterocycles. The first-order valence-electron chi connectivity index (χ1n) is 7.69. The van der Waals surface area contributed by atoms with Crippen molar-refractivity contribution < 1.29 is 4.57 Å². The number of aliphatic imine (C=N–C) groups is 1. The van der Waals surface area contributed by atoms with Gasteiger partial charge in [-0.05, 0) is 30.7 Å². The molecule has 4 heteroatoms. The zero-order chi connectivity index (χ0) is 14.8. The summed E-state index contributed by atoms with van der Waals surface area (Å²) in [7, 11) is 2.15. The van der Waals surface area contributed by atoms with Crippen LogP contribution in [0.4, 0.5) is 5.69 Å². The largest absolute Gasteiger partial charge is 0.302 e. The van der Waals surface area contributed by atoms with Crippen molar-refractivity contribution in [1.29, 1.82) is 0 Å². The minimum absolute atomic E-state index is 0.860. The summed E-state index contributed by atoms with van der Waals surface area (Å²) in [6.45, 7) is 4.01. The van der Waals surface area contributed by atoms with Crippen LogP contribution in [-0.2, 0) is 7.05 Å². The molecule has 0 spiro atoms. The smallest absolute Gasteiger partial charge is 0.290 e. The Morgan fingerprint density at radius 1 is 1.09 bits per heavy atom. The Balaban J connectivity index is 2.02. The predicted molar refractivity (Wildman–Crippen MR) is 88.3 cm³/mol. The van der Waals surface area contributed by atoms with Gasteiger partial charge in [-0.25, -0.2) is 9.56 Å². The lowest BCUT2D eigenvalue weighted by Gasteiger charge is -2.26. The number of benzene rings is 2. The summed E-state index contributed by atoms with van der Waals surface area (Å²) in [4.78, 5) is 7.13. The van der Waals surface area contributed by atoms with Crippen molar-refractivity contribution in [3.63, 3.8) is 0 Å². The Morgan fingerprint density at radius 3 is 2.86 bits per heavy atom. The van der Waals surface area contributed by atoms with Crippen molar-refractivity contribution in [3.8, 4) is 11.4 Å². The molecule has 0 amide bonds. The van der Waals surface area contributed by atoms with Crippen LogP contribution in [0.2, 0.25) is 0 Å². The van der Waals surface area contributed by atoms with E-state index in [1.54, 1.807) is 0 Å². The highest BCUT2D eigenvalue weighted by Crippen LogP contribution is 2.39. The summed E-state index contributed by atoms with van der Waals surface area (Å²) >= 11 is 0. The van der Waals surface area contributed by atoms with E-state index in [-0.39, 0.29) is 0 Å². The Labute approximate surface area is 128 Å². The molecule has 0 N–H and O–H groups in total. The Kier molecular flexibility index (Phi) is 2.16. The second kappa shape index (κ2) is 3.97. The molecule has 3 aromatic rings. The van der Waals surface area contributed by atoms with Gasteiger partial charge in [-0.1, -0.05) is 24.3 Å². The lowest BCUT2D eigenvalue weighted by atomic mass is 10.0. The molecule has 5 rings (SSSR count). The van der Waals surface area contributed by atoms with Crippen LogP contribution in [0.15, 0.2) is 47.5 Å². The van der Waals surface area contributed by atoms with Crippen molar-refractivity contribution in [2.45, 2.75) is 6.92 Å². The maximum Gasteiger partial charge on any atom is 0.302 e. The summed E-state index contributed by atoms with van der Waals surface area (Å²) < 4.78 is 4.61. The normalized spacial score (nSPS) is 15.5. The molecule has 108 valence electrons. The van der Waals surface area contributed by atoms with Gasteiger partial charge in [0, 0.05) is 6.54 Å². The fraction of sp³-hybridized carbons (Fsp3) is 0.222. The number of aryl methyl sites for hydroxylation is 2. The number of rotatable bonds is 0. The third-order valence-corrected chi connectivity index (χ3v) is 4.80. The van der Waals surface area contributed by atoms with Gasteiger partial charge in [0.2, 0.25) is 0 Å². The van der Waals surface area contributed by atoms with Crippen LogP contribution < -0.4 is 9.47 Å². The number of para-hydroxylation sites is 2. The number of nitrogens with zero attached hydrogens (tertiary/aromatic N) is 4. The molecule has 0 fully saturated rings. The van der Waals surface area contributed by atoms with Crippen LogP contribution in [0, 0.1) is 6.92 Å².